The molecule has 3 N–H and O–H groups in total. The Bertz CT molecular complexity index is 1190. The summed E-state index contributed by atoms with van der Waals surface area (Å²) < 4.78 is 42.3. The fourth-order valence-corrected chi connectivity index (χ4v) is 3.49. The lowest BCUT2D eigenvalue weighted by Crippen LogP contribution is -2.48. The molecule has 0 bridgehead atoms. The lowest BCUT2D eigenvalue weighted by Gasteiger charge is -2.35. The third-order valence-corrected chi connectivity index (χ3v) is 5.21. The number of amides is 1. The first kappa shape index (κ1) is 23.0. The maximum Gasteiger partial charge on any atom is 0.305 e. The number of anilines is 1. The van der Waals surface area contributed by atoms with Crippen LogP contribution in [0.15, 0.2) is 24.5 Å². The van der Waals surface area contributed by atoms with Crippen molar-refractivity contribution in [3.63, 3.8) is 0 Å². The van der Waals surface area contributed by atoms with Gasteiger partial charge in [-0.25, -0.2) is 23.1 Å². The van der Waals surface area contributed by atoms with Crippen molar-refractivity contribution >= 4 is 28.6 Å². The number of hydrogen-bond donors (Lipinski definition) is 3. The van der Waals surface area contributed by atoms with E-state index in [0.29, 0.717) is 0 Å². The number of halogens is 3. The molecular formula is C21H22F3N5O3. The Morgan fingerprint density at radius 2 is 1.91 bits per heavy atom. The second-order valence-corrected chi connectivity index (χ2v) is 8.12. The predicted molar refractivity (Wildman–Crippen MR) is 111 cm³/mol. The summed E-state index contributed by atoms with van der Waals surface area (Å²) in [5.74, 6) is -4.44. The number of aromatic nitrogens is 3. The highest BCUT2D eigenvalue weighted by molar-refractivity contribution is 5.94. The number of fused-ring (bicyclic) bond motifs is 1. The van der Waals surface area contributed by atoms with Gasteiger partial charge < -0.3 is 20.3 Å². The number of nitrogens with zero attached hydrogens (tertiary/aromatic N) is 3. The fourth-order valence-electron chi connectivity index (χ4n) is 3.49. The largest absolute Gasteiger partial charge is 0.481 e. The molecule has 0 radical (unpaired) electrons. The molecule has 0 aliphatic carbocycles. The molecule has 2 aromatic heterocycles. The molecular weight excluding hydrogens is 427 g/mol. The van der Waals surface area contributed by atoms with E-state index < -0.39 is 41.3 Å². The second kappa shape index (κ2) is 8.48. The molecule has 3 rings (SSSR count). The topological polar surface area (TPSA) is 111 Å². The zero-order valence-electron chi connectivity index (χ0n) is 17.8. The van der Waals surface area contributed by atoms with E-state index in [1.807, 2.05) is 0 Å². The molecule has 170 valence electrons. The minimum Gasteiger partial charge on any atom is -0.481 e. The van der Waals surface area contributed by atoms with Crippen molar-refractivity contribution < 1.29 is 27.9 Å². The molecule has 0 aliphatic heterocycles. The van der Waals surface area contributed by atoms with Crippen LogP contribution in [0.3, 0.4) is 0 Å². The molecule has 0 fully saturated rings. The van der Waals surface area contributed by atoms with E-state index >= 15 is 0 Å². The van der Waals surface area contributed by atoms with E-state index in [4.69, 9.17) is 0 Å². The average molecular weight is 449 g/mol. The minimum atomic E-state index is -1.23. The highest BCUT2D eigenvalue weighted by Gasteiger charge is 2.40. The Balaban J connectivity index is 2.04. The normalized spacial score (nSPS) is 12.6. The van der Waals surface area contributed by atoms with Crippen LogP contribution < -0.4 is 5.32 Å². The first-order valence-electron chi connectivity index (χ1n) is 9.61. The van der Waals surface area contributed by atoms with Crippen LogP contribution in [0.2, 0.25) is 0 Å². The lowest BCUT2D eigenvalue weighted by atomic mass is 9.81. The lowest BCUT2D eigenvalue weighted by molar-refractivity contribution is -0.141. The first-order chi connectivity index (χ1) is 14.9. The molecule has 1 atom stereocenters. The van der Waals surface area contributed by atoms with E-state index in [-0.39, 0.29) is 34.0 Å². The first-order valence-corrected chi connectivity index (χ1v) is 9.61. The van der Waals surface area contributed by atoms with Crippen molar-refractivity contribution in [3.8, 4) is 11.4 Å². The number of rotatable bonds is 7. The number of hydrogen-bond acceptors (Lipinski definition) is 5. The number of carbonyl (C=O) groups excluding carboxylic acids is 1. The third kappa shape index (κ3) is 4.36. The summed E-state index contributed by atoms with van der Waals surface area (Å²) in [5, 5.41) is 12.2. The Labute approximate surface area is 181 Å². The monoisotopic (exact) mass is 449 g/mol. The molecule has 1 amide bonds. The van der Waals surface area contributed by atoms with Gasteiger partial charge in [-0.05, 0) is 19.9 Å². The molecule has 32 heavy (non-hydrogen) atoms. The van der Waals surface area contributed by atoms with Gasteiger partial charge in [-0.1, -0.05) is 0 Å². The van der Waals surface area contributed by atoms with Gasteiger partial charge in [0.1, 0.15) is 11.6 Å². The molecule has 2 heterocycles. The maximum absolute atomic E-state index is 14.5. The van der Waals surface area contributed by atoms with Crippen LogP contribution in [0.4, 0.5) is 19.0 Å². The number of carboxylic acids is 1. The number of aromatic amines is 1. The smallest absolute Gasteiger partial charge is 0.305 e. The van der Waals surface area contributed by atoms with E-state index in [1.165, 1.54) is 25.2 Å². The Hall–Kier alpha value is -3.63. The third-order valence-electron chi connectivity index (χ3n) is 5.21. The minimum absolute atomic E-state index is 0.0327. The van der Waals surface area contributed by atoms with E-state index in [0.717, 1.165) is 18.3 Å². The molecule has 1 aromatic carbocycles. The van der Waals surface area contributed by atoms with Gasteiger partial charge in [-0.3, -0.25) is 9.59 Å². The predicted octanol–water partition coefficient (Wildman–Crippen LogP) is 3.41. The van der Waals surface area contributed by atoms with Crippen molar-refractivity contribution in [3.05, 3.63) is 42.0 Å². The molecule has 0 saturated heterocycles. The van der Waals surface area contributed by atoms with Crippen LogP contribution in [0.5, 0.6) is 0 Å². The van der Waals surface area contributed by atoms with Gasteiger partial charge in [0, 0.05) is 37.3 Å². The van der Waals surface area contributed by atoms with Crippen molar-refractivity contribution in [2.75, 3.05) is 19.4 Å². The number of benzene rings is 1. The SMILES string of the molecule is CN(C)C(=O)C(C)(C)C(CC(=O)O)Nc1nc(-c2c[nH]c3c(F)cc(F)cc23)ncc1F. The quantitative estimate of drug-likeness (QED) is 0.510. The summed E-state index contributed by atoms with van der Waals surface area (Å²) in [7, 11) is 3.06. The van der Waals surface area contributed by atoms with Crippen LogP contribution in [0.25, 0.3) is 22.3 Å². The summed E-state index contributed by atoms with van der Waals surface area (Å²) in [4.78, 5) is 36.0. The zero-order valence-corrected chi connectivity index (χ0v) is 17.8. The number of carbonyl (C=O) groups is 2. The standard InChI is InChI=1S/C21H22F3N5O3/c1-21(2,20(32)29(3)4)15(7-16(30)31)27-19-14(24)9-26-18(28-19)12-8-25-17-11(12)5-10(22)6-13(17)23/h5-6,8-9,15,25H,7H2,1-4H3,(H,30,31)(H,26,27,28). The fraction of sp³-hybridized carbons (Fsp3) is 0.333. The van der Waals surface area contributed by atoms with Crippen molar-refractivity contribution in [2.45, 2.75) is 26.3 Å². The van der Waals surface area contributed by atoms with Crippen LogP contribution in [0, 0.1) is 22.9 Å². The molecule has 3 aromatic rings. The molecule has 11 heteroatoms. The number of aliphatic carboxylic acids is 1. The van der Waals surface area contributed by atoms with Crippen LogP contribution in [0.1, 0.15) is 20.3 Å². The Morgan fingerprint density at radius 3 is 2.53 bits per heavy atom. The molecule has 0 saturated carbocycles. The molecule has 0 spiro atoms. The van der Waals surface area contributed by atoms with Gasteiger partial charge in [-0.15, -0.1) is 0 Å². The Kier molecular flexibility index (Phi) is 6.11. The number of nitrogens with one attached hydrogen (secondary N) is 2. The van der Waals surface area contributed by atoms with Gasteiger partial charge in [0.2, 0.25) is 5.91 Å². The van der Waals surface area contributed by atoms with Crippen LogP contribution >= 0.6 is 0 Å². The number of H-pyrrole nitrogens is 1. The molecule has 1 unspecified atom stereocenters. The average Bonchev–Trinajstić information content (AvgIpc) is 3.12. The van der Waals surface area contributed by atoms with Gasteiger partial charge in [0.25, 0.3) is 0 Å². The summed E-state index contributed by atoms with van der Waals surface area (Å²) in [6, 6.07) is 0.794. The summed E-state index contributed by atoms with van der Waals surface area (Å²) >= 11 is 0. The van der Waals surface area contributed by atoms with E-state index in [2.05, 4.69) is 20.3 Å². The summed E-state index contributed by atoms with van der Waals surface area (Å²) in [5.41, 5.74) is -0.975. The Morgan fingerprint density at radius 1 is 1.22 bits per heavy atom. The maximum atomic E-state index is 14.5. The van der Waals surface area contributed by atoms with Gasteiger partial charge in [-0.2, -0.15) is 0 Å². The van der Waals surface area contributed by atoms with Crippen LogP contribution in [-0.4, -0.2) is 57.0 Å². The van der Waals surface area contributed by atoms with Crippen molar-refractivity contribution in [1.82, 2.24) is 19.9 Å². The highest BCUT2D eigenvalue weighted by Crippen LogP contribution is 2.32. The van der Waals surface area contributed by atoms with Crippen molar-refractivity contribution in [2.24, 2.45) is 5.41 Å². The van der Waals surface area contributed by atoms with Gasteiger partial charge in [0.05, 0.1) is 29.6 Å². The molecule has 8 nitrogen and oxygen atoms in total. The second-order valence-electron chi connectivity index (χ2n) is 8.12. The number of carboxylic acid groups (broad SMARTS) is 1. The van der Waals surface area contributed by atoms with E-state index in [9.17, 15) is 27.9 Å². The zero-order chi connectivity index (χ0) is 23.8. The van der Waals surface area contributed by atoms with Gasteiger partial charge in [0.15, 0.2) is 17.5 Å². The van der Waals surface area contributed by atoms with E-state index in [1.54, 1.807) is 13.8 Å². The van der Waals surface area contributed by atoms with Crippen LogP contribution in [-0.2, 0) is 9.59 Å². The van der Waals surface area contributed by atoms with Gasteiger partial charge >= 0.3 is 5.97 Å². The summed E-state index contributed by atoms with van der Waals surface area (Å²) in [6.07, 6.45) is 1.73. The van der Waals surface area contributed by atoms with Crippen molar-refractivity contribution in [1.29, 1.82) is 0 Å². The summed E-state index contributed by atoms with van der Waals surface area (Å²) in [6.45, 7) is 3.09. The highest BCUT2D eigenvalue weighted by atomic mass is 19.1. The molecule has 0 aliphatic rings.